The summed E-state index contributed by atoms with van der Waals surface area (Å²) in [5.74, 6) is -0.585. The number of carbonyl (C=O) groups excluding carboxylic acids is 1. The summed E-state index contributed by atoms with van der Waals surface area (Å²) in [6, 6.07) is 14.8. The van der Waals surface area contributed by atoms with Crippen molar-refractivity contribution in [2.24, 2.45) is 5.92 Å². The van der Waals surface area contributed by atoms with E-state index < -0.39 is 5.97 Å². The first-order valence-corrected chi connectivity index (χ1v) is 8.40. The highest BCUT2D eigenvalue weighted by molar-refractivity contribution is 5.89. The van der Waals surface area contributed by atoms with Crippen molar-refractivity contribution >= 4 is 11.9 Å². The number of hydrogen-bond donors (Lipinski definition) is 1. The number of para-hydroxylation sites is 1. The molecular formula is C20H21NO5. The zero-order valence-corrected chi connectivity index (χ0v) is 14.6. The summed E-state index contributed by atoms with van der Waals surface area (Å²) in [5.41, 5.74) is 2.48. The molecule has 0 amide bonds. The third-order valence-corrected chi connectivity index (χ3v) is 4.44. The van der Waals surface area contributed by atoms with Crippen molar-refractivity contribution in [2.75, 3.05) is 20.2 Å². The van der Waals surface area contributed by atoms with Crippen LogP contribution in [-0.4, -0.2) is 42.1 Å². The quantitative estimate of drug-likeness (QED) is 0.770. The number of carbonyl (C=O) groups is 2. The summed E-state index contributed by atoms with van der Waals surface area (Å²) in [6.45, 7) is 2.19. The summed E-state index contributed by atoms with van der Waals surface area (Å²) in [4.78, 5) is 24.5. The Hall–Kier alpha value is -2.86. The van der Waals surface area contributed by atoms with Crippen molar-refractivity contribution in [1.82, 2.24) is 4.90 Å². The van der Waals surface area contributed by atoms with E-state index in [1.807, 2.05) is 36.4 Å². The van der Waals surface area contributed by atoms with Crippen LogP contribution in [0.15, 0.2) is 48.5 Å². The van der Waals surface area contributed by atoms with Gasteiger partial charge in [0, 0.05) is 25.2 Å². The van der Waals surface area contributed by atoms with E-state index in [1.165, 1.54) is 7.11 Å². The minimum atomic E-state index is -0.735. The second-order valence-corrected chi connectivity index (χ2v) is 6.31. The van der Waals surface area contributed by atoms with Gasteiger partial charge in [-0.05, 0) is 23.8 Å². The highest BCUT2D eigenvalue weighted by Gasteiger charge is 2.32. The molecule has 0 aromatic heterocycles. The molecule has 136 valence electrons. The Morgan fingerprint density at radius 1 is 1.12 bits per heavy atom. The van der Waals surface area contributed by atoms with Gasteiger partial charge >= 0.3 is 11.9 Å². The number of benzene rings is 2. The number of carboxylic acid groups (broad SMARTS) is 1. The lowest BCUT2D eigenvalue weighted by Crippen LogP contribution is -2.49. The van der Waals surface area contributed by atoms with Crippen molar-refractivity contribution in [3.63, 3.8) is 0 Å². The van der Waals surface area contributed by atoms with Gasteiger partial charge in [0.15, 0.2) is 0 Å². The minimum absolute atomic E-state index is 0.267. The SMILES string of the molecule is COC(=O)c1ccc(COc2ccccc2CN2CC(C(=O)O)C2)cc1. The van der Waals surface area contributed by atoms with Gasteiger partial charge in [-0.2, -0.15) is 0 Å². The molecule has 1 N–H and O–H groups in total. The zero-order valence-electron chi connectivity index (χ0n) is 14.6. The third kappa shape index (κ3) is 4.21. The average Bonchev–Trinajstić information content (AvgIpc) is 2.62. The molecule has 0 bridgehead atoms. The lowest BCUT2D eigenvalue weighted by atomic mass is 9.99. The molecule has 1 saturated heterocycles. The maximum absolute atomic E-state index is 11.5. The maximum atomic E-state index is 11.5. The Labute approximate surface area is 152 Å². The van der Waals surface area contributed by atoms with E-state index in [2.05, 4.69) is 9.64 Å². The predicted octanol–water partition coefficient (Wildman–Crippen LogP) is 2.57. The number of nitrogens with zero attached hydrogens (tertiary/aromatic N) is 1. The van der Waals surface area contributed by atoms with Crippen LogP contribution in [0.2, 0.25) is 0 Å². The molecule has 3 rings (SSSR count). The molecule has 1 heterocycles. The van der Waals surface area contributed by atoms with Crippen LogP contribution in [0.4, 0.5) is 0 Å². The van der Waals surface area contributed by atoms with Gasteiger partial charge in [0.25, 0.3) is 0 Å². The van der Waals surface area contributed by atoms with Gasteiger partial charge in [0.2, 0.25) is 0 Å². The first kappa shape index (κ1) is 17.9. The first-order valence-electron chi connectivity index (χ1n) is 8.40. The second kappa shape index (κ2) is 8.01. The number of hydrogen-bond acceptors (Lipinski definition) is 5. The van der Waals surface area contributed by atoms with E-state index in [-0.39, 0.29) is 11.9 Å². The van der Waals surface area contributed by atoms with Crippen LogP contribution in [0, 0.1) is 5.92 Å². The largest absolute Gasteiger partial charge is 0.489 e. The van der Waals surface area contributed by atoms with Gasteiger partial charge < -0.3 is 14.6 Å². The molecule has 0 aliphatic carbocycles. The number of carboxylic acids is 1. The van der Waals surface area contributed by atoms with Crippen LogP contribution in [0.1, 0.15) is 21.5 Å². The minimum Gasteiger partial charge on any atom is -0.489 e. The van der Waals surface area contributed by atoms with E-state index in [0.717, 1.165) is 16.9 Å². The van der Waals surface area contributed by atoms with E-state index in [1.54, 1.807) is 12.1 Å². The highest BCUT2D eigenvalue weighted by atomic mass is 16.5. The molecule has 2 aromatic carbocycles. The molecule has 1 aliphatic heterocycles. The van der Waals surface area contributed by atoms with Crippen LogP contribution >= 0.6 is 0 Å². The molecule has 0 unspecified atom stereocenters. The Kier molecular flexibility index (Phi) is 5.53. The summed E-state index contributed by atoms with van der Waals surface area (Å²) >= 11 is 0. The number of aliphatic carboxylic acids is 1. The zero-order chi connectivity index (χ0) is 18.5. The Morgan fingerprint density at radius 2 is 1.81 bits per heavy atom. The average molecular weight is 355 g/mol. The van der Waals surface area contributed by atoms with Crippen molar-refractivity contribution in [2.45, 2.75) is 13.2 Å². The van der Waals surface area contributed by atoms with Crippen molar-refractivity contribution < 1.29 is 24.2 Å². The number of methoxy groups -OCH3 is 1. The summed E-state index contributed by atoms with van der Waals surface area (Å²) in [5, 5.41) is 8.97. The van der Waals surface area contributed by atoms with E-state index in [9.17, 15) is 9.59 Å². The molecule has 6 nitrogen and oxygen atoms in total. The van der Waals surface area contributed by atoms with E-state index >= 15 is 0 Å². The van der Waals surface area contributed by atoms with Crippen LogP contribution in [0.3, 0.4) is 0 Å². The predicted molar refractivity (Wildman–Crippen MR) is 95.0 cm³/mol. The Bertz CT molecular complexity index is 781. The Morgan fingerprint density at radius 3 is 2.46 bits per heavy atom. The summed E-state index contributed by atoms with van der Waals surface area (Å²) < 4.78 is 10.6. The second-order valence-electron chi connectivity index (χ2n) is 6.31. The number of ether oxygens (including phenoxy) is 2. The first-order chi connectivity index (χ1) is 12.6. The molecule has 0 spiro atoms. The van der Waals surface area contributed by atoms with Gasteiger partial charge in [0.05, 0.1) is 18.6 Å². The standard InChI is InChI=1S/C20H21NO5/c1-25-20(24)15-8-6-14(7-9-15)13-26-18-5-3-2-4-16(18)10-21-11-17(12-21)19(22)23/h2-9,17H,10-13H2,1H3,(H,22,23). The van der Waals surface area contributed by atoms with Gasteiger partial charge in [0.1, 0.15) is 12.4 Å². The van der Waals surface area contributed by atoms with Crippen LogP contribution in [0.5, 0.6) is 5.75 Å². The molecule has 1 aliphatic rings. The van der Waals surface area contributed by atoms with E-state index in [4.69, 9.17) is 9.84 Å². The molecule has 1 fully saturated rings. The number of esters is 1. The fourth-order valence-corrected chi connectivity index (χ4v) is 2.89. The van der Waals surface area contributed by atoms with Gasteiger partial charge in [-0.3, -0.25) is 9.69 Å². The summed E-state index contributed by atoms with van der Waals surface area (Å²) in [7, 11) is 1.35. The maximum Gasteiger partial charge on any atom is 0.337 e. The molecule has 0 radical (unpaired) electrons. The third-order valence-electron chi connectivity index (χ3n) is 4.44. The van der Waals surface area contributed by atoms with Gasteiger partial charge in [-0.1, -0.05) is 30.3 Å². The molecule has 0 saturated carbocycles. The van der Waals surface area contributed by atoms with Gasteiger partial charge in [-0.15, -0.1) is 0 Å². The fraction of sp³-hybridized carbons (Fsp3) is 0.300. The summed E-state index contributed by atoms with van der Waals surface area (Å²) in [6.07, 6.45) is 0. The number of likely N-dealkylation sites (tertiary alicyclic amines) is 1. The smallest absolute Gasteiger partial charge is 0.337 e. The Balaban J connectivity index is 1.58. The lowest BCUT2D eigenvalue weighted by Gasteiger charge is -2.36. The molecule has 6 heteroatoms. The van der Waals surface area contributed by atoms with Crippen LogP contribution in [-0.2, 0) is 22.7 Å². The molecule has 2 aromatic rings. The molecular weight excluding hydrogens is 334 g/mol. The van der Waals surface area contributed by atoms with Crippen molar-refractivity contribution in [3.05, 3.63) is 65.2 Å². The molecule has 0 atom stereocenters. The fourth-order valence-electron chi connectivity index (χ4n) is 2.89. The molecule has 26 heavy (non-hydrogen) atoms. The van der Waals surface area contributed by atoms with Crippen LogP contribution in [0.25, 0.3) is 0 Å². The lowest BCUT2D eigenvalue weighted by molar-refractivity contribution is -0.147. The van der Waals surface area contributed by atoms with Crippen molar-refractivity contribution in [1.29, 1.82) is 0 Å². The van der Waals surface area contributed by atoms with Crippen molar-refractivity contribution in [3.8, 4) is 5.75 Å². The normalized spacial score (nSPS) is 14.5. The monoisotopic (exact) mass is 355 g/mol. The number of rotatable bonds is 7. The highest BCUT2D eigenvalue weighted by Crippen LogP contribution is 2.25. The van der Waals surface area contributed by atoms with Gasteiger partial charge in [-0.25, -0.2) is 4.79 Å². The van der Waals surface area contributed by atoms with Crippen LogP contribution < -0.4 is 4.74 Å². The van der Waals surface area contributed by atoms with E-state index in [0.29, 0.717) is 31.8 Å². The topological polar surface area (TPSA) is 76.1 Å².